The summed E-state index contributed by atoms with van der Waals surface area (Å²) in [6, 6.07) is 3.69. The number of hydrogen-bond donors (Lipinski definition) is 2. The van der Waals surface area contributed by atoms with E-state index in [1.165, 1.54) is 0 Å². The number of carbonyl (C=O) groups excluding carboxylic acids is 1. The van der Waals surface area contributed by atoms with Gasteiger partial charge < -0.3 is 5.32 Å². The maximum atomic E-state index is 12.4. The van der Waals surface area contributed by atoms with Gasteiger partial charge in [0.15, 0.2) is 0 Å². The van der Waals surface area contributed by atoms with E-state index in [4.69, 9.17) is 0 Å². The summed E-state index contributed by atoms with van der Waals surface area (Å²) in [7, 11) is -3.59. The first-order valence-corrected chi connectivity index (χ1v) is 9.10. The van der Waals surface area contributed by atoms with E-state index in [0.29, 0.717) is 11.4 Å². The van der Waals surface area contributed by atoms with Crippen LogP contribution < -0.4 is 10.0 Å². The van der Waals surface area contributed by atoms with Crippen LogP contribution in [0, 0.1) is 20.8 Å². The Kier molecular flexibility index (Phi) is 7.03. The third-order valence-corrected chi connectivity index (χ3v) is 5.14. The van der Waals surface area contributed by atoms with E-state index in [2.05, 4.69) is 10.0 Å². The van der Waals surface area contributed by atoms with Crippen LogP contribution in [0.2, 0.25) is 0 Å². The molecule has 0 bridgehead atoms. The first-order valence-electron chi connectivity index (χ1n) is 7.62. The maximum absolute atomic E-state index is 12.4. The van der Waals surface area contributed by atoms with E-state index in [-0.39, 0.29) is 18.9 Å². The molecule has 0 saturated carbocycles. The first-order chi connectivity index (χ1) is 10.3. The standard InChI is InChI=1S/C16H26N2O3S/c1-5-6-8-17-15(19)7-9-18-22(20,21)16-13(3)10-12(2)11-14(16)4/h10-11,18H,5-9H2,1-4H3,(H,17,19). The molecule has 1 amide bonds. The Morgan fingerprint density at radius 3 is 2.23 bits per heavy atom. The SMILES string of the molecule is CCCCNC(=O)CCNS(=O)(=O)c1c(C)cc(C)cc1C. The number of sulfonamides is 1. The molecule has 2 N–H and O–H groups in total. The van der Waals surface area contributed by atoms with Gasteiger partial charge in [-0.3, -0.25) is 4.79 Å². The summed E-state index contributed by atoms with van der Waals surface area (Å²) in [5.41, 5.74) is 2.47. The molecular weight excluding hydrogens is 300 g/mol. The van der Waals surface area contributed by atoms with Crippen LogP contribution in [-0.4, -0.2) is 27.4 Å². The molecule has 1 aromatic carbocycles. The zero-order valence-electron chi connectivity index (χ0n) is 13.8. The third-order valence-electron chi connectivity index (χ3n) is 3.37. The second-order valence-electron chi connectivity index (χ2n) is 5.58. The van der Waals surface area contributed by atoms with Crippen molar-refractivity contribution in [3.63, 3.8) is 0 Å². The van der Waals surface area contributed by atoms with Crippen LogP contribution >= 0.6 is 0 Å². The van der Waals surface area contributed by atoms with E-state index in [9.17, 15) is 13.2 Å². The predicted octanol–water partition coefficient (Wildman–Crippen LogP) is 2.20. The van der Waals surface area contributed by atoms with E-state index < -0.39 is 10.0 Å². The van der Waals surface area contributed by atoms with Crippen molar-refractivity contribution in [3.05, 3.63) is 28.8 Å². The molecule has 1 rings (SSSR count). The third kappa shape index (κ3) is 5.42. The highest BCUT2D eigenvalue weighted by Crippen LogP contribution is 2.21. The lowest BCUT2D eigenvalue weighted by Gasteiger charge is -2.13. The Hall–Kier alpha value is -1.40. The van der Waals surface area contributed by atoms with Gasteiger partial charge in [-0.15, -0.1) is 0 Å². The number of rotatable bonds is 8. The van der Waals surface area contributed by atoms with Crippen molar-refractivity contribution in [2.75, 3.05) is 13.1 Å². The van der Waals surface area contributed by atoms with Gasteiger partial charge in [0.1, 0.15) is 0 Å². The average Bonchev–Trinajstić information content (AvgIpc) is 2.36. The molecule has 0 aliphatic heterocycles. The van der Waals surface area contributed by atoms with Crippen molar-refractivity contribution in [1.29, 1.82) is 0 Å². The molecule has 0 aromatic heterocycles. The highest BCUT2D eigenvalue weighted by Gasteiger charge is 2.19. The maximum Gasteiger partial charge on any atom is 0.241 e. The smallest absolute Gasteiger partial charge is 0.241 e. The second kappa shape index (κ2) is 8.29. The summed E-state index contributed by atoms with van der Waals surface area (Å²) in [5.74, 6) is -0.131. The van der Waals surface area contributed by atoms with E-state index in [1.54, 1.807) is 13.8 Å². The van der Waals surface area contributed by atoms with Crippen molar-refractivity contribution in [2.24, 2.45) is 0 Å². The zero-order valence-corrected chi connectivity index (χ0v) is 14.6. The molecule has 0 atom stereocenters. The highest BCUT2D eigenvalue weighted by atomic mass is 32.2. The van der Waals surface area contributed by atoms with Gasteiger partial charge in [0.05, 0.1) is 4.90 Å². The van der Waals surface area contributed by atoms with Crippen LogP contribution in [0.3, 0.4) is 0 Å². The van der Waals surface area contributed by atoms with Crippen LogP contribution in [0.5, 0.6) is 0 Å². The minimum Gasteiger partial charge on any atom is -0.356 e. The fourth-order valence-corrected chi connectivity index (χ4v) is 3.94. The molecule has 0 aliphatic rings. The lowest BCUT2D eigenvalue weighted by atomic mass is 10.1. The van der Waals surface area contributed by atoms with Crippen LogP contribution in [-0.2, 0) is 14.8 Å². The molecule has 0 aliphatic carbocycles. The van der Waals surface area contributed by atoms with Crippen molar-refractivity contribution >= 4 is 15.9 Å². The van der Waals surface area contributed by atoms with Gasteiger partial charge >= 0.3 is 0 Å². The molecular formula is C16H26N2O3S. The van der Waals surface area contributed by atoms with Gasteiger partial charge in [-0.05, 0) is 38.3 Å². The molecule has 124 valence electrons. The van der Waals surface area contributed by atoms with Gasteiger partial charge in [0.2, 0.25) is 15.9 Å². The van der Waals surface area contributed by atoms with Gasteiger partial charge in [0.25, 0.3) is 0 Å². The number of amides is 1. The second-order valence-corrected chi connectivity index (χ2v) is 7.28. The van der Waals surface area contributed by atoms with Crippen molar-refractivity contribution in [2.45, 2.75) is 51.9 Å². The summed E-state index contributed by atoms with van der Waals surface area (Å²) >= 11 is 0. The lowest BCUT2D eigenvalue weighted by molar-refractivity contribution is -0.120. The summed E-state index contributed by atoms with van der Waals surface area (Å²) in [5, 5.41) is 2.77. The quantitative estimate of drug-likeness (QED) is 0.719. The van der Waals surface area contributed by atoms with Crippen molar-refractivity contribution < 1.29 is 13.2 Å². The summed E-state index contributed by atoms with van der Waals surface area (Å²) in [4.78, 5) is 11.9. The molecule has 6 heteroatoms. The Bertz CT molecular complexity index is 601. The van der Waals surface area contributed by atoms with E-state index >= 15 is 0 Å². The molecule has 5 nitrogen and oxygen atoms in total. The van der Waals surface area contributed by atoms with Gasteiger partial charge in [-0.2, -0.15) is 0 Å². The number of unbranched alkanes of at least 4 members (excludes halogenated alkanes) is 1. The van der Waals surface area contributed by atoms with Gasteiger partial charge in [-0.25, -0.2) is 13.1 Å². The van der Waals surface area contributed by atoms with Crippen LogP contribution in [0.15, 0.2) is 17.0 Å². The van der Waals surface area contributed by atoms with Crippen molar-refractivity contribution in [1.82, 2.24) is 10.0 Å². The molecule has 0 heterocycles. The Morgan fingerprint density at radius 2 is 1.68 bits per heavy atom. The molecule has 0 saturated heterocycles. The molecule has 22 heavy (non-hydrogen) atoms. The van der Waals surface area contributed by atoms with E-state index in [0.717, 1.165) is 29.5 Å². The average molecular weight is 326 g/mol. The number of aryl methyl sites for hydroxylation is 3. The molecule has 0 radical (unpaired) electrons. The fourth-order valence-electron chi connectivity index (χ4n) is 2.45. The summed E-state index contributed by atoms with van der Waals surface area (Å²) in [6.07, 6.45) is 2.09. The lowest BCUT2D eigenvalue weighted by Crippen LogP contribution is -2.31. The normalized spacial score (nSPS) is 11.5. The number of nitrogens with one attached hydrogen (secondary N) is 2. The first kappa shape index (κ1) is 18.6. The fraction of sp³-hybridized carbons (Fsp3) is 0.562. The number of hydrogen-bond acceptors (Lipinski definition) is 3. The van der Waals surface area contributed by atoms with Gasteiger partial charge in [0, 0.05) is 19.5 Å². The Balaban J connectivity index is 2.64. The Morgan fingerprint density at radius 1 is 1.09 bits per heavy atom. The van der Waals surface area contributed by atoms with E-state index in [1.807, 2.05) is 26.0 Å². The molecule has 0 unspecified atom stereocenters. The Labute approximate surface area is 133 Å². The highest BCUT2D eigenvalue weighted by molar-refractivity contribution is 7.89. The van der Waals surface area contributed by atoms with Crippen LogP contribution in [0.25, 0.3) is 0 Å². The summed E-state index contributed by atoms with van der Waals surface area (Å²) < 4.78 is 27.3. The number of carbonyl (C=O) groups is 1. The topological polar surface area (TPSA) is 75.3 Å². The molecule has 1 aromatic rings. The van der Waals surface area contributed by atoms with Crippen LogP contribution in [0.4, 0.5) is 0 Å². The molecule has 0 spiro atoms. The van der Waals surface area contributed by atoms with Crippen LogP contribution in [0.1, 0.15) is 42.9 Å². The monoisotopic (exact) mass is 326 g/mol. The minimum absolute atomic E-state index is 0.104. The van der Waals surface area contributed by atoms with Gasteiger partial charge in [-0.1, -0.05) is 31.0 Å². The van der Waals surface area contributed by atoms with Crippen molar-refractivity contribution in [3.8, 4) is 0 Å². The zero-order chi connectivity index (χ0) is 16.8. The molecule has 0 fully saturated rings. The minimum atomic E-state index is -3.59. The summed E-state index contributed by atoms with van der Waals surface area (Å²) in [6.45, 7) is 8.29. The largest absolute Gasteiger partial charge is 0.356 e. The predicted molar refractivity (Wildman–Crippen MR) is 88.4 cm³/mol. The number of benzene rings is 1.